The molecule has 31 heavy (non-hydrogen) atoms. The quantitative estimate of drug-likeness (QED) is 0.670. The van der Waals surface area contributed by atoms with E-state index in [1.165, 1.54) is 16.4 Å². The Morgan fingerprint density at radius 1 is 1.03 bits per heavy atom. The summed E-state index contributed by atoms with van der Waals surface area (Å²) in [5.41, 5.74) is 1.09. The average Bonchev–Trinajstić information content (AvgIpc) is 3.29. The second-order valence-corrected chi connectivity index (χ2v) is 10.5. The predicted molar refractivity (Wildman–Crippen MR) is 120 cm³/mol. The standard InChI is InChI=1S/C23H27ClN2O4S/c1-30-20-5-2-4-18(16-20)22-6-3-13-26(22)23(27)17-11-14-25(15-12-17)31(28,29)21-9-7-19(24)8-10-21/h2,4-5,7-10,16-17,22H,3,6,11-15H2,1H3. The minimum atomic E-state index is -3.57. The van der Waals surface area contributed by atoms with Crippen LogP contribution in [0.5, 0.6) is 5.75 Å². The summed E-state index contributed by atoms with van der Waals surface area (Å²) in [6.45, 7) is 1.43. The second kappa shape index (κ2) is 9.18. The van der Waals surface area contributed by atoms with E-state index < -0.39 is 10.0 Å². The Balaban J connectivity index is 1.42. The summed E-state index contributed by atoms with van der Waals surface area (Å²) in [4.78, 5) is 15.5. The summed E-state index contributed by atoms with van der Waals surface area (Å²) in [6.07, 6.45) is 2.97. The topological polar surface area (TPSA) is 66.9 Å². The van der Waals surface area contributed by atoms with Crippen LogP contribution < -0.4 is 4.74 Å². The smallest absolute Gasteiger partial charge is 0.243 e. The maximum absolute atomic E-state index is 13.3. The molecule has 0 aromatic heterocycles. The van der Waals surface area contributed by atoms with Gasteiger partial charge in [0.05, 0.1) is 18.0 Å². The van der Waals surface area contributed by atoms with Crippen molar-refractivity contribution in [3.8, 4) is 5.75 Å². The molecular weight excluding hydrogens is 436 g/mol. The Kier molecular flexibility index (Phi) is 6.55. The van der Waals surface area contributed by atoms with E-state index in [9.17, 15) is 13.2 Å². The van der Waals surface area contributed by atoms with Crippen molar-refractivity contribution < 1.29 is 17.9 Å². The van der Waals surface area contributed by atoms with E-state index in [1.54, 1.807) is 19.2 Å². The van der Waals surface area contributed by atoms with Crippen molar-refractivity contribution in [2.45, 2.75) is 36.6 Å². The van der Waals surface area contributed by atoms with Gasteiger partial charge in [0.15, 0.2) is 0 Å². The number of hydrogen-bond donors (Lipinski definition) is 0. The molecule has 0 aliphatic carbocycles. The zero-order chi connectivity index (χ0) is 22.0. The van der Waals surface area contributed by atoms with Crippen molar-refractivity contribution in [1.82, 2.24) is 9.21 Å². The number of ether oxygens (including phenoxy) is 1. The lowest BCUT2D eigenvalue weighted by molar-refractivity contribution is -0.137. The Hall–Kier alpha value is -2.09. The Bertz CT molecular complexity index is 1030. The number of halogens is 1. The minimum Gasteiger partial charge on any atom is -0.497 e. The van der Waals surface area contributed by atoms with Gasteiger partial charge in [-0.1, -0.05) is 23.7 Å². The minimum absolute atomic E-state index is 0.0541. The first kappa shape index (κ1) is 22.1. The zero-order valence-corrected chi connectivity index (χ0v) is 19.1. The number of nitrogens with zero attached hydrogens (tertiary/aromatic N) is 2. The van der Waals surface area contributed by atoms with Gasteiger partial charge in [-0.05, 0) is 67.6 Å². The van der Waals surface area contributed by atoms with Gasteiger partial charge < -0.3 is 9.64 Å². The maximum atomic E-state index is 13.3. The molecule has 6 nitrogen and oxygen atoms in total. The van der Waals surface area contributed by atoms with Gasteiger partial charge >= 0.3 is 0 Å². The highest BCUT2D eigenvalue weighted by molar-refractivity contribution is 7.89. The molecule has 2 heterocycles. The normalized spacial score (nSPS) is 20.7. The molecule has 166 valence electrons. The van der Waals surface area contributed by atoms with Crippen LogP contribution in [0.2, 0.25) is 5.02 Å². The maximum Gasteiger partial charge on any atom is 0.243 e. The number of methoxy groups -OCH3 is 1. The van der Waals surface area contributed by atoms with Gasteiger partial charge in [0, 0.05) is 30.6 Å². The van der Waals surface area contributed by atoms with Crippen LogP contribution in [0, 0.1) is 5.92 Å². The molecule has 2 fully saturated rings. The SMILES string of the molecule is COc1cccc(C2CCCN2C(=O)C2CCN(S(=O)(=O)c3ccc(Cl)cc3)CC2)c1. The van der Waals surface area contributed by atoms with Crippen LogP contribution in [0.1, 0.15) is 37.3 Å². The lowest BCUT2D eigenvalue weighted by Gasteiger charge is -2.34. The number of benzene rings is 2. The average molecular weight is 463 g/mol. The van der Waals surface area contributed by atoms with Crippen LogP contribution in [0.25, 0.3) is 0 Å². The number of sulfonamides is 1. The van der Waals surface area contributed by atoms with Gasteiger partial charge in [-0.15, -0.1) is 0 Å². The fraction of sp³-hybridized carbons (Fsp3) is 0.435. The fourth-order valence-electron chi connectivity index (χ4n) is 4.56. The van der Waals surface area contributed by atoms with E-state index in [-0.39, 0.29) is 22.8 Å². The monoisotopic (exact) mass is 462 g/mol. The predicted octanol–water partition coefficient (Wildman–Crippen LogP) is 4.11. The molecular formula is C23H27ClN2O4S. The highest BCUT2D eigenvalue weighted by Crippen LogP contribution is 2.36. The number of piperidine rings is 1. The number of rotatable bonds is 5. The molecule has 2 aliphatic heterocycles. The van der Waals surface area contributed by atoms with Crippen LogP contribution in [-0.4, -0.2) is 50.3 Å². The summed E-state index contributed by atoms with van der Waals surface area (Å²) in [6, 6.07) is 14.2. The van der Waals surface area contributed by atoms with Crippen molar-refractivity contribution >= 4 is 27.5 Å². The third-order valence-electron chi connectivity index (χ3n) is 6.27. The molecule has 2 aromatic carbocycles. The third-order valence-corrected chi connectivity index (χ3v) is 8.43. The van der Waals surface area contributed by atoms with Crippen LogP contribution in [0.15, 0.2) is 53.4 Å². The molecule has 1 atom stereocenters. The molecule has 0 spiro atoms. The fourth-order valence-corrected chi connectivity index (χ4v) is 6.15. The molecule has 8 heteroatoms. The van der Waals surface area contributed by atoms with Crippen LogP contribution in [0.3, 0.4) is 0 Å². The first-order valence-electron chi connectivity index (χ1n) is 10.6. The summed E-state index contributed by atoms with van der Waals surface area (Å²) >= 11 is 5.88. The van der Waals surface area contributed by atoms with E-state index >= 15 is 0 Å². The molecule has 1 amide bonds. The van der Waals surface area contributed by atoms with Crippen LogP contribution in [0.4, 0.5) is 0 Å². The number of amides is 1. The van der Waals surface area contributed by atoms with Crippen molar-refractivity contribution in [3.63, 3.8) is 0 Å². The Morgan fingerprint density at radius 3 is 2.42 bits per heavy atom. The van der Waals surface area contributed by atoms with Gasteiger partial charge in [0.25, 0.3) is 0 Å². The van der Waals surface area contributed by atoms with E-state index in [2.05, 4.69) is 0 Å². The number of hydrogen-bond acceptors (Lipinski definition) is 4. The molecule has 4 rings (SSSR count). The summed E-state index contributed by atoms with van der Waals surface area (Å²) < 4.78 is 32.6. The lowest BCUT2D eigenvalue weighted by atomic mass is 9.95. The molecule has 2 aliphatic rings. The van der Waals surface area contributed by atoms with Crippen LogP contribution >= 0.6 is 11.6 Å². The van der Waals surface area contributed by atoms with E-state index in [4.69, 9.17) is 16.3 Å². The Labute approximate surface area is 188 Å². The van der Waals surface area contributed by atoms with Crippen LogP contribution in [-0.2, 0) is 14.8 Å². The summed E-state index contributed by atoms with van der Waals surface area (Å²) in [5, 5.41) is 0.499. The lowest BCUT2D eigenvalue weighted by Crippen LogP contribution is -2.44. The Morgan fingerprint density at radius 2 is 1.74 bits per heavy atom. The van der Waals surface area contributed by atoms with Crippen molar-refractivity contribution in [3.05, 3.63) is 59.1 Å². The van der Waals surface area contributed by atoms with Gasteiger partial charge in [-0.25, -0.2) is 8.42 Å². The van der Waals surface area contributed by atoms with Gasteiger partial charge in [0.1, 0.15) is 5.75 Å². The zero-order valence-electron chi connectivity index (χ0n) is 17.5. The molecule has 0 saturated carbocycles. The first-order chi connectivity index (χ1) is 14.9. The van der Waals surface area contributed by atoms with E-state index in [1.807, 2.05) is 29.2 Å². The molecule has 0 bridgehead atoms. The highest BCUT2D eigenvalue weighted by atomic mass is 35.5. The van der Waals surface area contributed by atoms with E-state index in [0.717, 1.165) is 30.7 Å². The van der Waals surface area contributed by atoms with Gasteiger partial charge in [-0.2, -0.15) is 4.31 Å². The number of likely N-dealkylation sites (tertiary alicyclic amines) is 1. The largest absolute Gasteiger partial charge is 0.497 e. The molecule has 0 radical (unpaired) electrons. The second-order valence-electron chi connectivity index (χ2n) is 8.10. The van der Waals surface area contributed by atoms with Crippen molar-refractivity contribution in [1.29, 1.82) is 0 Å². The number of carbonyl (C=O) groups excluding carboxylic acids is 1. The molecule has 2 aromatic rings. The number of carbonyl (C=O) groups is 1. The van der Waals surface area contributed by atoms with Crippen molar-refractivity contribution in [2.75, 3.05) is 26.7 Å². The van der Waals surface area contributed by atoms with Crippen molar-refractivity contribution in [2.24, 2.45) is 5.92 Å². The van der Waals surface area contributed by atoms with Gasteiger partial charge in [0.2, 0.25) is 15.9 Å². The third kappa shape index (κ3) is 4.59. The first-order valence-corrected chi connectivity index (χ1v) is 12.4. The van der Waals surface area contributed by atoms with Gasteiger partial charge in [-0.3, -0.25) is 4.79 Å². The molecule has 2 saturated heterocycles. The summed E-state index contributed by atoms with van der Waals surface area (Å²) in [5.74, 6) is 0.772. The molecule has 1 unspecified atom stereocenters. The molecule has 0 N–H and O–H groups in total. The van der Waals surface area contributed by atoms with E-state index in [0.29, 0.717) is 31.0 Å². The highest BCUT2D eigenvalue weighted by Gasteiger charge is 2.37. The summed E-state index contributed by atoms with van der Waals surface area (Å²) in [7, 11) is -1.93.